The third-order valence-corrected chi connectivity index (χ3v) is 16.7. The summed E-state index contributed by atoms with van der Waals surface area (Å²) in [6, 6.07) is 9.16. The van der Waals surface area contributed by atoms with Crippen molar-refractivity contribution in [2.24, 2.45) is 11.3 Å². The fraction of sp³-hybridized carbons (Fsp3) is 0.500. The van der Waals surface area contributed by atoms with Gasteiger partial charge in [0.05, 0.1) is 75.2 Å². The molecule has 6 heterocycles. The van der Waals surface area contributed by atoms with Gasteiger partial charge in [-0.15, -0.1) is 11.3 Å². The first kappa shape index (κ1) is 62.0. The fourth-order valence-electron chi connectivity index (χ4n) is 10.9. The summed E-state index contributed by atoms with van der Waals surface area (Å²) in [5.74, 6) is -2.69. The average Bonchev–Trinajstić information content (AvgIpc) is 2.85. The summed E-state index contributed by atoms with van der Waals surface area (Å²) in [7, 11) is 1.47. The Bertz CT molecular complexity index is 3260. The van der Waals surface area contributed by atoms with Gasteiger partial charge in [0.15, 0.2) is 5.82 Å². The van der Waals surface area contributed by atoms with Gasteiger partial charge in [0.1, 0.15) is 42.4 Å². The van der Waals surface area contributed by atoms with E-state index in [1.807, 2.05) is 58.9 Å². The lowest BCUT2D eigenvalue weighted by molar-refractivity contribution is -0.144. The van der Waals surface area contributed by atoms with E-state index in [1.165, 1.54) is 35.9 Å². The molecule has 83 heavy (non-hydrogen) atoms. The number of rotatable bonds is 19. The van der Waals surface area contributed by atoms with E-state index in [4.69, 9.17) is 21.1 Å². The summed E-state index contributed by atoms with van der Waals surface area (Å²) in [4.78, 5) is 79.6. The van der Waals surface area contributed by atoms with Crippen molar-refractivity contribution >= 4 is 69.1 Å². The maximum Gasteiger partial charge on any atom is 0.418 e. The summed E-state index contributed by atoms with van der Waals surface area (Å²) in [5.41, 5.74) is 0.727. The molecule has 0 radical (unpaired) electrons. The van der Waals surface area contributed by atoms with Crippen molar-refractivity contribution in [2.75, 3.05) is 82.9 Å². The van der Waals surface area contributed by atoms with Gasteiger partial charge in [-0.25, -0.2) is 14.4 Å². The standard InChI is InChI=1S/C58H69ClF4N12O7S/c1-9-45(78)74-21-20-73(27-38(74)14-17-64)53-40-26-41(59)46(50-47(58(61,62)63)32(2)24-43(65-8)68-50)48(60)49(40)70-56(71-53)82-23-22-72-18-15-35(16-19-72)29-81-30-44(77)69-52(57(5,6)7)55(80)75-28-39(76)25-42(75)54(79)67-33(3)36-10-12-37(13-11-36)51-34(4)66-31-83-51/h9-13,24,26,31,33,35,38-39,42,52,76H,1,14-16,18-23,25,27-30H2,2-8H3,(H,65,68)(H,67,79)(H,69,77)/t33-,38-,39+,42-,52+/m0/s1. The van der Waals surface area contributed by atoms with Crippen LogP contribution in [0.5, 0.6) is 6.01 Å². The quantitative estimate of drug-likeness (QED) is 0.0455. The molecular weight excluding hydrogens is 1120 g/mol. The number of β-amino-alcohol motifs (C(OH)–C–C–N with tert-alkyl or cyclic N) is 1. The first-order valence-corrected chi connectivity index (χ1v) is 28.7. The molecule has 0 saturated carbocycles. The molecule has 3 aliphatic rings. The molecular formula is C58H69ClF4N12O7S. The number of carbonyl (C=O) groups excluding carboxylic acids is 4. The molecule has 3 fully saturated rings. The number of fused-ring (bicyclic) bond motifs is 1. The number of likely N-dealkylation sites (tertiary alicyclic amines) is 2. The molecule has 0 aliphatic carbocycles. The maximum absolute atomic E-state index is 17.2. The lowest BCUT2D eigenvalue weighted by Gasteiger charge is -2.41. The zero-order chi connectivity index (χ0) is 60.1. The van der Waals surface area contributed by atoms with E-state index in [0.29, 0.717) is 32.5 Å². The number of aryl methyl sites for hydroxylation is 2. The Labute approximate surface area is 488 Å². The number of nitriles is 1. The van der Waals surface area contributed by atoms with Gasteiger partial charge in [0.2, 0.25) is 23.6 Å². The second-order valence-electron chi connectivity index (χ2n) is 22.3. The molecule has 19 nitrogen and oxygen atoms in total. The monoisotopic (exact) mass is 1190 g/mol. The van der Waals surface area contributed by atoms with Crippen LogP contribution < -0.4 is 25.6 Å². The highest BCUT2D eigenvalue weighted by Crippen LogP contribution is 2.45. The van der Waals surface area contributed by atoms with Crippen LogP contribution >= 0.6 is 22.9 Å². The molecule has 8 rings (SSSR count). The number of nitrogens with zero attached hydrogens (tertiary/aromatic N) is 9. The molecule has 2 aromatic carbocycles. The van der Waals surface area contributed by atoms with E-state index < -0.39 is 82.2 Å². The smallest absolute Gasteiger partial charge is 0.418 e. The number of carbonyl (C=O) groups is 4. The molecule has 0 bridgehead atoms. The number of alkyl halides is 3. The Balaban J connectivity index is 0.877. The number of piperidine rings is 1. The van der Waals surface area contributed by atoms with Crippen molar-refractivity contribution < 1.29 is 51.3 Å². The van der Waals surface area contributed by atoms with Gasteiger partial charge in [0.25, 0.3) is 0 Å². The number of nitrogens with one attached hydrogen (secondary N) is 3. The van der Waals surface area contributed by atoms with Crippen LogP contribution in [0, 0.1) is 42.3 Å². The van der Waals surface area contributed by atoms with Crippen LogP contribution in [0.2, 0.25) is 5.02 Å². The minimum absolute atomic E-state index is 0.0357. The Kier molecular flexibility index (Phi) is 19.6. The van der Waals surface area contributed by atoms with Crippen molar-refractivity contribution in [3.8, 4) is 33.8 Å². The van der Waals surface area contributed by atoms with Crippen LogP contribution in [0.15, 0.2) is 54.6 Å². The number of hydrogen-bond donors (Lipinski definition) is 4. The number of hydrogen-bond acceptors (Lipinski definition) is 16. The van der Waals surface area contributed by atoms with Crippen molar-refractivity contribution in [3.05, 3.63) is 87.8 Å². The Morgan fingerprint density at radius 1 is 1.01 bits per heavy atom. The van der Waals surface area contributed by atoms with Crippen LogP contribution in [0.4, 0.5) is 29.2 Å². The third kappa shape index (κ3) is 14.3. The van der Waals surface area contributed by atoms with Gasteiger partial charge in [0, 0.05) is 51.6 Å². The number of thiazole rings is 1. The van der Waals surface area contributed by atoms with Gasteiger partial charge in [-0.05, 0) is 92.9 Å². The molecule has 444 valence electrons. The molecule has 3 aromatic heterocycles. The molecule has 3 saturated heterocycles. The molecule has 5 atom stereocenters. The zero-order valence-corrected chi connectivity index (χ0v) is 49.0. The number of aliphatic hydroxyl groups excluding tert-OH is 1. The summed E-state index contributed by atoms with van der Waals surface area (Å²) >= 11 is 8.27. The van der Waals surface area contributed by atoms with Crippen molar-refractivity contribution in [1.29, 1.82) is 5.26 Å². The molecule has 4 N–H and O–H groups in total. The highest BCUT2D eigenvalue weighted by Gasteiger charge is 2.45. The SMILES string of the molecule is C=CC(=O)N1CCN(c2nc(OCCN3CCC(COCC(=O)N[C@H](C(=O)N4C[C@H](O)C[C@H]4C(=O)N[C@@H](C)c4ccc(-c5scnc5C)cc4)C(C)(C)C)CC3)nc3c(F)c(-c4nc(NC)cc(C)c4C(F)(F)F)c(Cl)cc23)C[C@@H]1CC#N. The van der Waals surface area contributed by atoms with E-state index in [9.17, 15) is 42.7 Å². The minimum Gasteiger partial charge on any atom is -0.462 e. The molecule has 5 aromatic rings. The summed E-state index contributed by atoms with van der Waals surface area (Å²) < 4.78 is 73.2. The number of pyridine rings is 1. The normalized spacial score (nSPS) is 18.8. The second kappa shape index (κ2) is 26.3. The van der Waals surface area contributed by atoms with Gasteiger partial charge >= 0.3 is 12.2 Å². The van der Waals surface area contributed by atoms with Crippen LogP contribution in [-0.2, 0) is 30.1 Å². The number of benzene rings is 2. The molecule has 0 spiro atoms. The summed E-state index contributed by atoms with van der Waals surface area (Å²) in [5, 5.41) is 28.7. The van der Waals surface area contributed by atoms with Crippen LogP contribution in [0.25, 0.3) is 32.6 Å². The van der Waals surface area contributed by atoms with Crippen LogP contribution in [0.1, 0.15) is 81.8 Å². The minimum atomic E-state index is -4.93. The maximum atomic E-state index is 17.2. The molecule has 0 unspecified atom stereocenters. The summed E-state index contributed by atoms with van der Waals surface area (Å²) in [6.07, 6.45) is -3.30. The lowest BCUT2D eigenvalue weighted by atomic mass is 9.85. The number of ether oxygens (including phenoxy) is 2. The number of anilines is 2. The number of aliphatic hydroxyl groups is 1. The second-order valence-corrected chi connectivity index (χ2v) is 23.6. The summed E-state index contributed by atoms with van der Waals surface area (Å²) in [6.45, 7) is 16.0. The highest BCUT2D eigenvalue weighted by atomic mass is 35.5. The van der Waals surface area contributed by atoms with Gasteiger partial charge < -0.3 is 45.2 Å². The van der Waals surface area contributed by atoms with E-state index in [-0.39, 0.29) is 110 Å². The highest BCUT2D eigenvalue weighted by molar-refractivity contribution is 7.13. The number of amides is 4. The largest absolute Gasteiger partial charge is 0.462 e. The topological polar surface area (TPSA) is 231 Å². The Morgan fingerprint density at radius 2 is 1.73 bits per heavy atom. The van der Waals surface area contributed by atoms with E-state index in [2.05, 4.69) is 53.4 Å². The van der Waals surface area contributed by atoms with Gasteiger partial charge in [-0.1, -0.05) is 63.2 Å². The average molecular weight is 1190 g/mol. The van der Waals surface area contributed by atoms with E-state index >= 15 is 4.39 Å². The number of aromatic nitrogens is 4. The fourth-order valence-corrected chi connectivity index (χ4v) is 12.0. The molecule has 25 heteroatoms. The predicted octanol–water partition coefficient (Wildman–Crippen LogP) is 7.88. The molecule has 4 amide bonds. The first-order valence-electron chi connectivity index (χ1n) is 27.4. The first-order chi connectivity index (χ1) is 39.4. The van der Waals surface area contributed by atoms with Crippen LogP contribution in [-0.4, -0.2) is 160 Å². The molecule has 3 aliphatic heterocycles. The Hall–Kier alpha value is -7.04. The lowest BCUT2D eigenvalue weighted by Crippen LogP contribution is -2.58. The number of piperazine rings is 1. The Morgan fingerprint density at radius 3 is 2.37 bits per heavy atom. The van der Waals surface area contributed by atoms with E-state index in [1.54, 1.807) is 21.7 Å². The van der Waals surface area contributed by atoms with Gasteiger partial charge in [-0.2, -0.15) is 28.4 Å². The number of halogens is 5. The third-order valence-electron chi connectivity index (χ3n) is 15.4. The predicted molar refractivity (Wildman–Crippen MR) is 307 cm³/mol. The van der Waals surface area contributed by atoms with E-state index in [0.717, 1.165) is 27.8 Å². The van der Waals surface area contributed by atoms with Crippen molar-refractivity contribution in [1.82, 2.24) is 45.3 Å². The van der Waals surface area contributed by atoms with Crippen molar-refractivity contribution in [2.45, 2.75) is 104 Å². The van der Waals surface area contributed by atoms with Crippen molar-refractivity contribution in [3.63, 3.8) is 0 Å². The zero-order valence-electron chi connectivity index (χ0n) is 47.4. The van der Waals surface area contributed by atoms with Gasteiger partial charge in [-0.3, -0.25) is 24.1 Å². The van der Waals surface area contributed by atoms with Crippen LogP contribution in [0.3, 0.4) is 0 Å².